The SMILES string of the molecule is C=CCn1c(CNC(=O)c2ccccc2F)nnc1SCC(=O)Nc1nc(C)c(C)s1. The zero-order valence-electron chi connectivity index (χ0n) is 17.0. The van der Waals surface area contributed by atoms with Gasteiger partial charge in [-0.05, 0) is 26.0 Å². The number of nitrogens with zero attached hydrogens (tertiary/aromatic N) is 4. The fraction of sp³-hybridized carbons (Fsp3) is 0.250. The number of aromatic nitrogens is 4. The van der Waals surface area contributed by atoms with Crippen molar-refractivity contribution in [1.82, 2.24) is 25.1 Å². The third-order valence-electron chi connectivity index (χ3n) is 4.24. The van der Waals surface area contributed by atoms with E-state index in [0.29, 0.717) is 22.7 Å². The van der Waals surface area contributed by atoms with Gasteiger partial charge in [0.2, 0.25) is 5.91 Å². The minimum Gasteiger partial charge on any atom is -0.345 e. The number of nitrogens with one attached hydrogen (secondary N) is 2. The standard InChI is InChI=1S/C20H21FN6O2S2/c1-4-9-27-16(10-22-18(29)14-7-5-6-8-15(14)21)25-26-20(27)30-11-17(28)24-19-23-12(2)13(3)31-19/h4-8H,1,9-11H2,2-3H3,(H,22,29)(H,23,24,28). The van der Waals surface area contributed by atoms with E-state index in [2.05, 4.69) is 32.4 Å². The molecule has 0 fully saturated rings. The fourth-order valence-corrected chi connectivity index (χ4v) is 4.18. The lowest BCUT2D eigenvalue weighted by Crippen LogP contribution is -2.25. The lowest BCUT2D eigenvalue weighted by atomic mass is 10.2. The molecule has 3 rings (SSSR count). The Kier molecular flexibility index (Phi) is 7.53. The summed E-state index contributed by atoms with van der Waals surface area (Å²) in [6, 6.07) is 5.74. The van der Waals surface area contributed by atoms with E-state index in [0.717, 1.165) is 10.6 Å². The Balaban J connectivity index is 1.61. The van der Waals surface area contributed by atoms with E-state index in [-0.39, 0.29) is 23.8 Å². The van der Waals surface area contributed by atoms with Crippen LogP contribution in [-0.4, -0.2) is 37.3 Å². The van der Waals surface area contributed by atoms with Crippen molar-refractivity contribution in [3.63, 3.8) is 0 Å². The van der Waals surface area contributed by atoms with Gasteiger partial charge in [0.1, 0.15) is 5.82 Å². The van der Waals surface area contributed by atoms with E-state index in [9.17, 15) is 14.0 Å². The highest BCUT2D eigenvalue weighted by atomic mass is 32.2. The Morgan fingerprint density at radius 1 is 1.29 bits per heavy atom. The summed E-state index contributed by atoms with van der Waals surface area (Å²) in [5.74, 6) is -0.761. The van der Waals surface area contributed by atoms with Crippen molar-refractivity contribution in [2.45, 2.75) is 32.1 Å². The molecule has 0 radical (unpaired) electrons. The second-order valence-corrected chi connectivity index (χ2v) is 8.60. The largest absolute Gasteiger partial charge is 0.345 e. The molecule has 0 aliphatic heterocycles. The van der Waals surface area contributed by atoms with E-state index in [1.807, 2.05) is 13.8 Å². The predicted molar refractivity (Wildman–Crippen MR) is 119 cm³/mol. The molecule has 1 aromatic carbocycles. The number of hydrogen-bond acceptors (Lipinski definition) is 7. The number of rotatable bonds is 9. The van der Waals surface area contributed by atoms with Gasteiger partial charge in [-0.15, -0.1) is 28.1 Å². The first kappa shape index (κ1) is 22.6. The van der Waals surface area contributed by atoms with Crippen LogP contribution in [0.2, 0.25) is 0 Å². The molecule has 0 aliphatic rings. The summed E-state index contributed by atoms with van der Waals surface area (Å²) in [5.41, 5.74) is 0.844. The maximum atomic E-state index is 13.8. The van der Waals surface area contributed by atoms with Crippen molar-refractivity contribution in [1.29, 1.82) is 0 Å². The second-order valence-electron chi connectivity index (χ2n) is 6.46. The molecule has 31 heavy (non-hydrogen) atoms. The highest BCUT2D eigenvalue weighted by Crippen LogP contribution is 2.22. The van der Waals surface area contributed by atoms with Crippen LogP contribution in [0.1, 0.15) is 26.8 Å². The quantitative estimate of drug-likeness (QED) is 0.375. The van der Waals surface area contributed by atoms with Gasteiger partial charge < -0.3 is 15.2 Å². The Morgan fingerprint density at radius 2 is 2.06 bits per heavy atom. The zero-order chi connectivity index (χ0) is 22.4. The van der Waals surface area contributed by atoms with Crippen molar-refractivity contribution in [3.05, 3.63) is 64.7 Å². The highest BCUT2D eigenvalue weighted by Gasteiger charge is 2.16. The van der Waals surface area contributed by atoms with E-state index in [1.54, 1.807) is 16.7 Å². The number of carbonyl (C=O) groups is 2. The molecular weight excluding hydrogens is 439 g/mol. The molecule has 0 saturated carbocycles. The van der Waals surface area contributed by atoms with Crippen molar-refractivity contribution in [2.24, 2.45) is 0 Å². The number of aryl methyl sites for hydroxylation is 2. The Hall–Kier alpha value is -3.05. The monoisotopic (exact) mass is 460 g/mol. The summed E-state index contributed by atoms with van der Waals surface area (Å²) in [6.07, 6.45) is 1.66. The molecule has 0 bridgehead atoms. The molecule has 2 heterocycles. The van der Waals surface area contributed by atoms with Crippen LogP contribution < -0.4 is 10.6 Å². The van der Waals surface area contributed by atoms with Gasteiger partial charge in [0.25, 0.3) is 5.91 Å². The Bertz CT molecular complexity index is 1090. The molecule has 2 amide bonds. The second kappa shape index (κ2) is 10.3. The van der Waals surface area contributed by atoms with Crippen molar-refractivity contribution in [2.75, 3.05) is 11.1 Å². The first-order valence-electron chi connectivity index (χ1n) is 9.31. The first-order valence-corrected chi connectivity index (χ1v) is 11.1. The predicted octanol–water partition coefficient (Wildman–Crippen LogP) is 3.34. The minimum absolute atomic E-state index is 0.0452. The van der Waals surface area contributed by atoms with Crippen molar-refractivity contribution in [3.8, 4) is 0 Å². The van der Waals surface area contributed by atoms with Crippen LogP contribution >= 0.6 is 23.1 Å². The summed E-state index contributed by atoms with van der Waals surface area (Å²) in [5, 5.41) is 14.7. The maximum Gasteiger partial charge on any atom is 0.254 e. The van der Waals surface area contributed by atoms with Crippen molar-refractivity contribution < 1.29 is 14.0 Å². The summed E-state index contributed by atoms with van der Waals surface area (Å²) < 4.78 is 15.5. The molecule has 0 saturated heterocycles. The molecule has 0 spiro atoms. The number of hydrogen-bond donors (Lipinski definition) is 2. The molecular formula is C20H21FN6O2S2. The summed E-state index contributed by atoms with van der Waals surface area (Å²) in [4.78, 5) is 29.8. The van der Waals surface area contributed by atoms with Crippen LogP contribution in [0.5, 0.6) is 0 Å². The van der Waals surface area contributed by atoms with Gasteiger partial charge >= 0.3 is 0 Å². The lowest BCUT2D eigenvalue weighted by molar-refractivity contribution is -0.113. The lowest BCUT2D eigenvalue weighted by Gasteiger charge is -2.09. The van der Waals surface area contributed by atoms with Crippen LogP contribution in [0.25, 0.3) is 0 Å². The van der Waals surface area contributed by atoms with Gasteiger partial charge in [0.05, 0.1) is 23.6 Å². The molecule has 11 heteroatoms. The normalized spacial score (nSPS) is 10.7. The van der Waals surface area contributed by atoms with E-state index in [1.165, 1.54) is 41.3 Å². The Morgan fingerprint density at radius 3 is 2.74 bits per heavy atom. The third-order valence-corrected chi connectivity index (χ3v) is 6.19. The number of thioether (sulfide) groups is 1. The number of amides is 2. The number of halogens is 1. The number of benzene rings is 1. The molecule has 0 unspecified atom stereocenters. The summed E-state index contributed by atoms with van der Waals surface area (Å²) in [7, 11) is 0. The molecule has 2 aromatic heterocycles. The molecule has 0 aliphatic carbocycles. The van der Waals surface area contributed by atoms with Gasteiger partial charge in [-0.2, -0.15) is 0 Å². The van der Waals surface area contributed by atoms with Crippen LogP contribution in [0.4, 0.5) is 9.52 Å². The van der Waals surface area contributed by atoms with Crippen LogP contribution in [0, 0.1) is 19.7 Å². The topological polar surface area (TPSA) is 102 Å². The van der Waals surface area contributed by atoms with E-state index < -0.39 is 11.7 Å². The minimum atomic E-state index is -0.597. The average Bonchev–Trinajstić information content (AvgIpc) is 3.27. The Labute approximate surface area is 187 Å². The van der Waals surface area contributed by atoms with Gasteiger partial charge in [-0.25, -0.2) is 9.37 Å². The molecule has 3 aromatic rings. The molecule has 2 N–H and O–H groups in total. The number of thiazole rings is 1. The van der Waals surface area contributed by atoms with E-state index >= 15 is 0 Å². The van der Waals surface area contributed by atoms with Crippen molar-refractivity contribution >= 4 is 40.0 Å². The van der Waals surface area contributed by atoms with Crippen LogP contribution in [-0.2, 0) is 17.9 Å². The average molecular weight is 461 g/mol. The molecule has 162 valence electrons. The van der Waals surface area contributed by atoms with Gasteiger partial charge in [0, 0.05) is 11.4 Å². The van der Waals surface area contributed by atoms with Gasteiger partial charge in [0.15, 0.2) is 16.1 Å². The maximum absolute atomic E-state index is 13.8. The number of anilines is 1. The van der Waals surface area contributed by atoms with Gasteiger partial charge in [-0.1, -0.05) is 30.0 Å². The third kappa shape index (κ3) is 5.76. The van der Waals surface area contributed by atoms with Gasteiger partial charge in [-0.3, -0.25) is 9.59 Å². The molecule has 8 nitrogen and oxygen atoms in total. The number of carbonyl (C=O) groups excluding carboxylic acids is 2. The molecule has 0 atom stereocenters. The zero-order valence-corrected chi connectivity index (χ0v) is 18.6. The van der Waals surface area contributed by atoms with Crippen LogP contribution in [0.15, 0.2) is 42.1 Å². The smallest absolute Gasteiger partial charge is 0.254 e. The number of allylic oxidation sites excluding steroid dienone is 1. The fourth-order valence-electron chi connectivity index (χ4n) is 2.58. The van der Waals surface area contributed by atoms with E-state index in [4.69, 9.17) is 0 Å². The highest BCUT2D eigenvalue weighted by molar-refractivity contribution is 7.99. The summed E-state index contributed by atoms with van der Waals surface area (Å²) in [6.45, 7) is 8.01. The first-order chi connectivity index (χ1) is 14.9. The van der Waals surface area contributed by atoms with Crippen LogP contribution in [0.3, 0.4) is 0 Å². The summed E-state index contributed by atoms with van der Waals surface area (Å²) >= 11 is 2.64.